The Bertz CT molecular complexity index is 565. The average Bonchev–Trinajstić information content (AvgIpc) is 2.86. The van der Waals surface area contributed by atoms with E-state index in [1.54, 1.807) is 12.3 Å². The number of nitrogens with zero attached hydrogens (tertiary/aromatic N) is 3. The predicted octanol–water partition coefficient (Wildman–Crippen LogP) is 1.41. The zero-order chi connectivity index (χ0) is 16.8. The van der Waals surface area contributed by atoms with Gasteiger partial charge in [0.25, 0.3) is 5.91 Å². The highest BCUT2D eigenvalue weighted by molar-refractivity contribution is 6.33. The number of likely N-dealkylation sites (tertiary alicyclic amines) is 1. The second-order valence-corrected chi connectivity index (χ2v) is 6.39. The van der Waals surface area contributed by atoms with Gasteiger partial charge in [0.05, 0.1) is 10.6 Å². The molecule has 23 heavy (non-hydrogen) atoms. The minimum atomic E-state index is -0.207. The SMILES string of the molecule is CN(C)CCN1C(=O)CCC1CCNC(=O)c1ccncc1Cl. The van der Waals surface area contributed by atoms with E-state index < -0.39 is 0 Å². The summed E-state index contributed by atoms with van der Waals surface area (Å²) in [5.41, 5.74) is 0.425. The summed E-state index contributed by atoms with van der Waals surface area (Å²) in [7, 11) is 3.99. The van der Waals surface area contributed by atoms with Crippen molar-refractivity contribution in [3.05, 3.63) is 29.0 Å². The normalized spacial score (nSPS) is 17.8. The fourth-order valence-corrected chi connectivity index (χ4v) is 2.92. The Morgan fingerprint density at radius 1 is 1.52 bits per heavy atom. The summed E-state index contributed by atoms with van der Waals surface area (Å²) in [6, 6.07) is 1.80. The number of hydrogen-bond acceptors (Lipinski definition) is 4. The maximum absolute atomic E-state index is 12.1. The third-order valence-corrected chi connectivity index (χ3v) is 4.32. The summed E-state index contributed by atoms with van der Waals surface area (Å²) in [5.74, 6) is 0.00178. The molecule has 6 nitrogen and oxygen atoms in total. The average molecular weight is 339 g/mol. The fraction of sp³-hybridized carbons (Fsp3) is 0.562. The van der Waals surface area contributed by atoms with Crippen LogP contribution in [0.5, 0.6) is 0 Å². The first-order chi connectivity index (χ1) is 11.0. The molecule has 1 aromatic rings. The van der Waals surface area contributed by atoms with Crippen LogP contribution in [0.4, 0.5) is 0 Å². The van der Waals surface area contributed by atoms with Crippen LogP contribution in [0.25, 0.3) is 0 Å². The number of likely N-dealkylation sites (N-methyl/N-ethyl adjacent to an activating group) is 1. The Morgan fingerprint density at radius 2 is 2.30 bits per heavy atom. The van der Waals surface area contributed by atoms with Gasteiger partial charge in [-0.1, -0.05) is 11.6 Å². The predicted molar refractivity (Wildman–Crippen MR) is 89.5 cm³/mol. The van der Waals surface area contributed by atoms with E-state index in [1.165, 1.54) is 6.20 Å². The van der Waals surface area contributed by atoms with Gasteiger partial charge in [-0.25, -0.2) is 0 Å². The molecule has 0 spiro atoms. The number of carbonyl (C=O) groups excluding carboxylic acids is 2. The van der Waals surface area contributed by atoms with Gasteiger partial charge in [0, 0.05) is 44.5 Å². The molecule has 2 rings (SSSR count). The molecule has 1 saturated heterocycles. The number of rotatable bonds is 7. The zero-order valence-electron chi connectivity index (χ0n) is 13.6. The second-order valence-electron chi connectivity index (χ2n) is 5.98. The van der Waals surface area contributed by atoms with E-state index in [1.807, 2.05) is 19.0 Å². The van der Waals surface area contributed by atoms with Crippen LogP contribution in [0.1, 0.15) is 29.6 Å². The Balaban J connectivity index is 1.82. The Hall–Kier alpha value is -1.66. The Morgan fingerprint density at radius 3 is 3.00 bits per heavy atom. The van der Waals surface area contributed by atoms with Crippen LogP contribution in [0, 0.1) is 0 Å². The summed E-state index contributed by atoms with van der Waals surface area (Å²) in [5, 5.41) is 3.21. The largest absolute Gasteiger partial charge is 0.352 e. The van der Waals surface area contributed by atoms with Gasteiger partial charge in [-0.3, -0.25) is 14.6 Å². The molecule has 1 atom stereocenters. The van der Waals surface area contributed by atoms with Crippen LogP contribution in [0.15, 0.2) is 18.5 Å². The molecular formula is C16H23ClN4O2. The molecule has 1 unspecified atom stereocenters. The van der Waals surface area contributed by atoms with Gasteiger partial charge in [0.15, 0.2) is 0 Å². The zero-order valence-corrected chi connectivity index (χ0v) is 14.3. The maximum atomic E-state index is 12.1. The summed E-state index contributed by atoms with van der Waals surface area (Å²) in [4.78, 5) is 31.9. The molecule has 2 amide bonds. The molecule has 0 aliphatic carbocycles. The maximum Gasteiger partial charge on any atom is 0.252 e. The topological polar surface area (TPSA) is 65.5 Å². The van der Waals surface area contributed by atoms with E-state index in [0.717, 1.165) is 25.9 Å². The third-order valence-electron chi connectivity index (χ3n) is 4.02. The molecule has 1 aliphatic rings. The highest BCUT2D eigenvalue weighted by Gasteiger charge is 2.30. The summed E-state index contributed by atoms with van der Waals surface area (Å²) in [6.07, 6.45) is 5.21. The van der Waals surface area contributed by atoms with Gasteiger partial charge in [0.2, 0.25) is 5.91 Å². The standard InChI is InChI=1S/C16H23ClN4O2/c1-20(2)9-10-21-12(3-4-15(21)22)5-8-19-16(23)13-6-7-18-11-14(13)17/h6-7,11-12H,3-5,8-10H2,1-2H3,(H,19,23). The number of aromatic nitrogens is 1. The molecule has 0 aromatic carbocycles. The number of halogens is 1. The van der Waals surface area contributed by atoms with Crippen molar-refractivity contribution in [1.29, 1.82) is 0 Å². The van der Waals surface area contributed by atoms with E-state index in [-0.39, 0.29) is 17.9 Å². The lowest BCUT2D eigenvalue weighted by atomic mass is 10.1. The van der Waals surface area contributed by atoms with E-state index in [9.17, 15) is 9.59 Å². The quantitative estimate of drug-likeness (QED) is 0.816. The highest BCUT2D eigenvalue weighted by Crippen LogP contribution is 2.21. The number of pyridine rings is 1. The van der Waals surface area contributed by atoms with Crippen molar-refractivity contribution in [3.8, 4) is 0 Å². The first-order valence-corrected chi connectivity index (χ1v) is 8.18. The summed E-state index contributed by atoms with van der Waals surface area (Å²) >= 11 is 5.96. The van der Waals surface area contributed by atoms with Gasteiger partial charge in [0.1, 0.15) is 0 Å². The first kappa shape index (κ1) is 17.7. The number of hydrogen-bond donors (Lipinski definition) is 1. The third kappa shape index (κ3) is 4.91. The van der Waals surface area contributed by atoms with Crippen LogP contribution in [0.3, 0.4) is 0 Å². The van der Waals surface area contributed by atoms with E-state index in [0.29, 0.717) is 23.6 Å². The van der Waals surface area contributed by atoms with Crippen molar-refractivity contribution in [2.45, 2.75) is 25.3 Å². The minimum absolute atomic E-state index is 0.204. The van der Waals surface area contributed by atoms with E-state index >= 15 is 0 Å². The van der Waals surface area contributed by atoms with Crippen LogP contribution in [-0.4, -0.2) is 66.4 Å². The molecule has 1 N–H and O–H groups in total. The van der Waals surface area contributed by atoms with Gasteiger partial charge < -0.3 is 15.1 Å². The molecule has 0 radical (unpaired) electrons. The molecular weight excluding hydrogens is 316 g/mol. The van der Waals surface area contributed by atoms with Crippen molar-refractivity contribution < 1.29 is 9.59 Å². The lowest BCUT2D eigenvalue weighted by Gasteiger charge is -2.26. The van der Waals surface area contributed by atoms with Gasteiger partial charge in [-0.2, -0.15) is 0 Å². The van der Waals surface area contributed by atoms with Crippen LogP contribution >= 0.6 is 11.6 Å². The number of amides is 2. The van der Waals surface area contributed by atoms with Crippen LogP contribution in [-0.2, 0) is 4.79 Å². The van der Waals surface area contributed by atoms with Crippen molar-refractivity contribution in [3.63, 3.8) is 0 Å². The van der Waals surface area contributed by atoms with E-state index in [4.69, 9.17) is 11.6 Å². The molecule has 126 valence electrons. The van der Waals surface area contributed by atoms with Crippen LogP contribution in [0.2, 0.25) is 5.02 Å². The summed E-state index contributed by atoms with van der Waals surface area (Å²) < 4.78 is 0. The smallest absolute Gasteiger partial charge is 0.252 e. The first-order valence-electron chi connectivity index (χ1n) is 7.81. The molecule has 2 heterocycles. The van der Waals surface area contributed by atoms with Crippen molar-refractivity contribution in [2.24, 2.45) is 0 Å². The monoisotopic (exact) mass is 338 g/mol. The van der Waals surface area contributed by atoms with Gasteiger partial charge >= 0.3 is 0 Å². The van der Waals surface area contributed by atoms with Crippen molar-refractivity contribution >= 4 is 23.4 Å². The molecule has 1 aliphatic heterocycles. The summed E-state index contributed by atoms with van der Waals surface area (Å²) in [6.45, 7) is 2.11. The molecule has 1 aromatic heterocycles. The highest BCUT2D eigenvalue weighted by atomic mass is 35.5. The lowest BCUT2D eigenvalue weighted by molar-refractivity contribution is -0.129. The molecule has 0 saturated carbocycles. The number of carbonyl (C=O) groups is 2. The van der Waals surface area contributed by atoms with Gasteiger partial charge in [-0.05, 0) is 33.0 Å². The van der Waals surface area contributed by atoms with Crippen molar-refractivity contribution in [2.75, 3.05) is 33.7 Å². The second kappa shape index (κ2) is 8.26. The number of nitrogens with one attached hydrogen (secondary N) is 1. The Kier molecular flexibility index (Phi) is 6.36. The van der Waals surface area contributed by atoms with Crippen molar-refractivity contribution in [1.82, 2.24) is 20.1 Å². The fourth-order valence-electron chi connectivity index (χ4n) is 2.72. The minimum Gasteiger partial charge on any atom is -0.352 e. The molecule has 1 fully saturated rings. The van der Waals surface area contributed by atoms with Gasteiger partial charge in [-0.15, -0.1) is 0 Å². The van der Waals surface area contributed by atoms with Crippen LogP contribution < -0.4 is 5.32 Å². The Labute approximate surface area is 141 Å². The lowest BCUT2D eigenvalue weighted by Crippen LogP contribution is -2.40. The van der Waals surface area contributed by atoms with E-state index in [2.05, 4.69) is 15.2 Å². The molecule has 0 bridgehead atoms. The molecule has 7 heteroatoms.